The van der Waals surface area contributed by atoms with Gasteiger partial charge in [0.25, 0.3) is 0 Å². The van der Waals surface area contributed by atoms with Crippen molar-refractivity contribution in [3.8, 4) is 6.07 Å². The van der Waals surface area contributed by atoms with Gasteiger partial charge in [-0.3, -0.25) is 14.9 Å². The Morgan fingerprint density at radius 3 is 2.67 bits per heavy atom. The van der Waals surface area contributed by atoms with E-state index in [1.807, 2.05) is 6.07 Å². The second kappa shape index (κ2) is 5.63. The van der Waals surface area contributed by atoms with Crippen LogP contribution in [0, 0.1) is 18.3 Å². The number of amides is 2. The van der Waals surface area contributed by atoms with Gasteiger partial charge in [-0.1, -0.05) is 0 Å². The van der Waals surface area contributed by atoms with Gasteiger partial charge in [0.15, 0.2) is 0 Å². The zero-order valence-electron chi connectivity index (χ0n) is 11.2. The maximum absolute atomic E-state index is 12.3. The van der Waals surface area contributed by atoms with Crippen LogP contribution >= 0.6 is 0 Å². The van der Waals surface area contributed by atoms with E-state index in [1.54, 1.807) is 6.92 Å². The van der Waals surface area contributed by atoms with Gasteiger partial charge >= 0.3 is 0 Å². The fourth-order valence-corrected chi connectivity index (χ4v) is 3.53. The number of rotatable bonds is 3. The summed E-state index contributed by atoms with van der Waals surface area (Å²) in [6.07, 6.45) is 0.213. The Hall–Kier alpha value is -2.24. The highest BCUT2D eigenvalue weighted by molar-refractivity contribution is 7.89. The molecule has 7 nitrogen and oxygen atoms in total. The molecule has 0 bridgehead atoms. The van der Waals surface area contributed by atoms with E-state index in [4.69, 9.17) is 5.26 Å². The summed E-state index contributed by atoms with van der Waals surface area (Å²) in [5.41, 5.74) is 0.765. The number of carbonyl (C=O) groups is 2. The molecule has 8 heteroatoms. The quantitative estimate of drug-likeness (QED) is 0.759. The standard InChI is InChI=1S/C13H13N3O4S/c1-8-6-9(7-14)2-4-11(8)21(19,20)16-10-3-5-12(17)15-13(10)18/h2,4,6,10,16H,3,5H2,1H3,(H,15,17,18). The van der Waals surface area contributed by atoms with E-state index in [2.05, 4.69) is 10.0 Å². The number of carbonyl (C=O) groups excluding carboxylic acids is 2. The van der Waals surface area contributed by atoms with Crippen molar-refractivity contribution in [2.75, 3.05) is 0 Å². The topological polar surface area (TPSA) is 116 Å². The molecule has 1 heterocycles. The number of benzene rings is 1. The van der Waals surface area contributed by atoms with Gasteiger partial charge < -0.3 is 0 Å². The van der Waals surface area contributed by atoms with Crippen LogP contribution in [0.25, 0.3) is 0 Å². The molecule has 1 unspecified atom stereocenters. The molecule has 0 aromatic heterocycles. The minimum atomic E-state index is -3.90. The summed E-state index contributed by atoms with van der Waals surface area (Å²) in [6, 6.07) is 5.13. The molecule has 1 aromatic rings. The SMILES string of the molecule is Cc1cc(C#N)ccc1S(=O)(=O)NC1CCC(=O)NC1=O. The van der Waals surface area contributed by atoms with Crippen molar-refractivity contribution in [3.05, 3.63) is 29.3 Å². The molecule has 21 heavy (non-hydrogen) atoms. The van der Waals surface area contributed by atoms with Crippen molar-refractivity contribution in [2.45, 2.75) is 30.7 Å². The molecule has 2 N–H and O–H groups in total. The first kappa shape index (κ1) is 15.2. The fourth-order valence-electron chi connectivity index (χ4n) is 2.08. The van der Waals surface area contributed by atoms with E-state index in [0.29, 0.717) is 11.1 Å². The number of aryl methyl sites for hydroxylation is 1. The summed E-state index contributed by atoms with van der Waals surface area (Å²) in [4.78, 5) is 22.6. The number of hydrogen-bond acceptors (Lipinski definition) is 5. The molecule has 0 spiro atoms. The van der Waals surface area contributed by atoms with E-state index in [1.165, 1.54) is 18.2 Å². The molecule has 1 fully saturated rings. The number of imide groups is 1. The molecular weight excluding hydrogens is 294 g/mol. The fraction of sp³-hybridized carbons (Fsp3) is 0.308. The van der Waals surface area contributed by atoms with Gasteiger partial charge in [0.2, 0.25) is 21.8 Å². The van der Waals surface area contributed by atoms with Crippen molar-refractivity contribution in [3.63, 3.8) is 0 Å². The van der Waals surface area contributed by atoms with Gasteiger partial charge in [-0.25, -0.2) is 8.42 Å². The second-order valence-corrected chi connectivity index (χ2v) is 6.40. The van der Waals surface area contributed by atoms with Gasteiger partial charge in [-0.05, 0) is 37.1 Å². The smallest absolute Gasteiger partial charge is 0.244 e. The summed E-state index contributed by atoms with van der Waals surface area (Å²) in [6.45, 7) is 1.57. The summed E-state index contributed by atoms with van der Waals surface area (Å²) in [7, 11) is -3.90. The van der Waals surface area contributed by atoms with Gasteiger partial charge in [-0.15, -0.1) is 0 Å². The van der Waals surface area contributed by atoms with Crippen LogP contribution in [0.5, 0.6) is 0 Å². The highest BCUT2D eigenvalue weighted by atomic mass is 32.2. The predicted molar refractivity (Wildman–Crippen MR) is 72.4 cm³/mol. The van der Waals surface area contributed by atoms with E-state index in [0.717, 1.165) is 0 Å². The lowest BCUT2D eigenvalue weighted by atomic mass is 10.1. The average Bonchev–Trinajstić information content (AvgIpc) is 2.41. The zero-order chi connectivity index (χ0) is 15.6. The van der Waals surface area contributed by atoms with Crippen molar-refractivity contribution in [2.24, 2.45) is 0 Å². The summed E-state index contributed by atoms with van der Waals surface area (Å²) >= 11 is 0. The Balaban J connectivity index is 2.25. The molecule has 1 aliphatic heterocycles. The third-order valence-electron chi connectivity index (χ3n) is 3.13. The molecular formula is C13H13N3O4S. The summed E-state index contributed by atoms with van der Waals surface area (Å²) < 4.78 is 26.9. The van der Waals surface area contributed by atoms with Crippen LogP contribution in [0.2, 0.25) is 0 Å². The molecule has 0 aliphatic carbocycles. The Bertz CT molecular complexity index is 749. The minimum absolute atomic E-state index is 0.00574. The number of sulfonamides is 1. The lowest BCUT2D eigenvalue weighted by molar-refractivity contribution is -0.134. The Labute approximate surface area is 122 Å². The maximum Gasteiger partial charge on any atom is 0.244 e. The monoisotopic (exact) mass is 307 g/mol. The van der Waals surface area contributed by atoms with E-state index < -0.39 is 27.9 Å². The molecule has 1 saturated heterocycles. The number of piperidine rings is 1. The van der Waals surface area contributed by atoms with Crippen molar-refractivity contribution in [1.29, 1.82) is 5.26 Å². The lowest BCUT2D eigenvalue weighted by Crippen LogP contribution is -2.52. The Morgan fingerprint density at radius 2 is 2.10 bits per heavy atom. The molecule has 2 rings (SSSR count). The first-order chi connectivity index (χ1) is 9.83. The van der Waals surface area contributed by atoms with Gasteiger partial charge in [0.1, 0.15) is 6.04 Å². The lowest BCUT2D eigenvalue weighted by Gasteiger charge is -2.22. The van der Waals surface area contributed by atoms with Crippen molar-refractivity contribution >= 4 is 21.8 Å². The summed E-state index contributed by atoms with van der Waals surface area (Å²) in [5.74, 6) is -1.06. The van der Waals surface area contributed by atoms with Gasteiger partial charge in [-0.2, -0.15) is 9.98 Å². The van der Waals surface area contributed by atoms with Gasteiger partial charge in [0, 0.05) is 6.42 Å². The highest BCUT2D eigenvalue weighted by Crippen LogP contribution is 2.18. The van der Waals surface area contributed by atoms with Gasteiger partial charge in [0.05, 0.1) is 16.5 Å². The Kier molecular flexibility index (Phi) is 4.06. The highest BCUT2D eigenvalue weighted by Gasteiger charge is 2.31. The molecule has 0 radical (unpaired) electrons. The molecule has 0 saturated carbocycles. The summed E-state index contributed by atoms with van der Waals surface area (Å²) in [5, 5.41) is 10.9. The van der Waals surface area contributed by atoms with Crippen LogP contribution in [0.15, 0.2) is 23.1 Å². The molecule has 2 amide bonds. The van der Waals surface area contributed by atoms with Crippen LogP contribution in [-0.2, 0) is 19.6 Å². The Morgan fingerprint density at radius 1 is 1.38 bits per heavy atom. The molecule has 1 aliphatic rings. The second-order valence-electron chi connectivity index (χ2n) is 4.72. The normalized spacial score (nSPS) is 19.0. The van der Waals surface area contributed by atoms with E-state index >= 15 is 0 Å². The molecule has 1 aromatic carbocycles. The van der Waals surface area contributed by atoms with Crippen molar-refractivity contribution < 1.29 is 18.0 Å². The zero-order valence-corrected chi connectivity index (χ0v) is 12.0. The molecule has 110 valence electrons. The number of nitrogens with one attached hydrogen (secondary N) is 2. The van der Waals surface area contributed by atoms with Crippen LogP contribution in [0.4, 0.5) is 0 Å². The largest absolute Gasteiger partial charge is 0.295 e. The van der Waals surface area contributed by atoms with Crippen LogP contribution in [-0.4, -0.2) is 26.3 Å². The number of hydrogen-bond donors (Lipinski definition) is 2. The maximum atomic E-state index is 12.3. The number of nitriles is 1. The minimum Gasteiger partial charge on any atom is -0.295 e. The average molecular weight is 307 g/mol. The van der Waals surface area contributed by atoms with Crippen LogP contribution in [0.1, 0.15) is 24.0 Å². The number of nitrogens with zero attached hydrogens (tertiary/aromatic N) is 1. The van der Waals surface area contributed by atoms with E-state index in [-0.39, 0.29) is 17.7 Å². The third kappa shape index (κ3) is 3.26. The first-order valence-electron chi connectivity index (χ1n) is 6.20. The van der Waals surface area contributed by atoms with Crippen LogP contribution < -0.4 is 10.0 Å². The van der Waals surface area contributed by atoms with Crippen molar-refractivity contribution in [1.82, 2.24) is 10.0 Å². The predicted octanol–water partition coefficient (Wildman–Crippen LogP) is -0.0498. The third-order valence-corrected chi connectivity index (χ3v) is 4.76. The molecule has 1 atom stereocenters. The van der Waals surface area contributed by atoms with E-state index in [9.17, 15) is 18.0 Å². The van der Waals surface area contributed by atoms with Crippen LogP contribution in [0.3, 0.4) is 0 Å². The first-order valence-corrected chi connectivity index (χ1v) is 7.68.